The predicted molar refractivity (Wildman–Crippen MR) is 68.8 cm³/mol. The van der Waals surface area contributed by atoms with Crippen LogP contribution in [0.25, 0.3) is 11.0 Å². The topological polar surface area (TPSA) is 48.4 Å². The molecule has 0 aliphatic rings. The monoisotopic (exact) mass is 233 g/mol. The van der Waals surface area contributed by atoms with Crippen molar-refractivity contribution in [3.8, 4) is 0 Å². The van der Waals surface area contributed by atoms with Crippen LogP contribution in [0.5, 0.6) is 0 Å². The maximum absolute atomic E-state index is 6.18. The molecule has 0 spiro atoms. The largest absolute Gasteiger partial charge is 0.459 e. The molecule has 1 aromatic carbocycles. The molecule has 0 bridgehead atoms. The average molecular weight is 233 g/mol. The van der Waals surface area contributed by atoms with E-state index in [-0.39, 0.29) is 12.1 Å². The number of rotatable bonds is 5. The Labute approximate surface area is 102 Å². The number of ether oxygens (including phenoxy) is 1. The van der Waals surface area contributed by atoms with Crippen LogP contribution in [-0.2, 0) is 4.74 Å². The zero-order valence-corrected chi connectivity index (χ0v) is 10.3. The molecule has 3 nitrogen and oxygen atoms in total. The number of hydrogen-bond donors (Lipinski definition) is 1. The van der Waals surface area contributed by atoms with Crippen LogP contribution in [0.3, 0.4) is 0 Å². The van der Waals surface area contributed by atoms with Crippen LogP contribution in [0.1, 0.15) is 31.6 Å². The molecular formula is C14H19NO2. The number of para-hydroxylation sites is 1. The third kappa shape index (κ3) is 2.51. The van der Waals surface area contributed by atoms with Gasteiger partial charge in [0.2, 0.25) is 0 Å². The van der Waals surface area contributed by atoms with E-state index in [0.717, 1.165) is 29.6 Å². The summed E-state index contributed by atoms with van der Waals surface area (Å²) in [6.45, 7) is 2.12. The first-order valence-electron chi connectivity index (χ1n) is 6.03. The van der Waals surface area contributed by atoms with Crippen molar-refractivity contribution >= 4 is 11.0 Å². The van der Waals surface area contributed by atoms with Crippen molar-refractivity contribution in [2.45, 2.75) is 31.9 Å². The minimum atomic E-state index is -0.202. The first-order chi connectivity index (χ1) is 8.26. The molecule has 2 atom stereocenters. The van der Waals surface area contributed by atoms with Gasteiger partial charge in [-0.1, -0.05) is 31.5 Å². The lowest BCUT2D eigenvalue weighted by atomic mass is 10.0. The van der Waals surface area contributed by atoms with Gasteiger partial charge in [0.15, 0.2) is 0 Å². The Morgan fingerprint density at radius 3 is 2.76 bits per heavy atom. The third-order valence-corrected chi connectivity index (χ3v) is 3.05. The first kappa shape index (κ1) is 12.1. The number of fused-ring (bicyclic) bond motifs is 1. The molecule has 0 saturated carbocycles. The van der Waals surface area contributed by atoms with E-state index in [9.17, 15) is 0 Å². The van der Waals surface area contributed by atoms with Gasteiger partial charge in [0, 0.05) is 12.5 Å². The van der Waals surface area contributed by atoms with Crippen molar-refractivity contribution < 1.29 is 9.15 Å². The van der Waals surface area contributed by atoms with Gasteiger partial charge in [0.25, 0.3) is 0 Å². The van der Waals surface area contributed by atoms with Crippen LogP contribution in [0.15, 0.2) is 34.7 Å². The molecule has 2 unspecified atom stereocenters. The Hall–Kier alpha value is -1.32. The van der Waals surface area contributed by atoms with E-state index < -0.39 is 0 Å². The summed E-state index contributed by atoms with van der Waals surface area (Å²) in [6.07, 6.45) is 2.00. The van der Waals surface area contributed by atoms with E-state index in [0.29, 0.717) is 0 Å². The van der Waals surface area contributed by atoms with E-state index in [1.165, 1.54) is 0 Å². The summed E-state index contributed by atoms with van der Waals surface area (Å²) in [5.41, 5.74) is 7.06. The second kappa shape index (κ2) is 5.34. The quantitative estimate of drug-likeness (QED) is 0.862. The molecule has 17 heavy (non-hydrogen) atoms. The highest BCUT2D eigenvalue weighted by Crippen LogP contribution is 2.26. The van der Waals surface area contributed by atoms with Crippen molar-refractivity contribution in [2.75, 3.05) is 7.11 Å². The summed E-state index contributed by atoms with van der Waals surface area (Å²) in [6, 6.07) is 9.73. The van der Waals surface area contributed by atoms with E-state index in [1.807, 2.05) is 30.3 Å². The fraction of sp³-hybridized carbons (Fsp3) is 0.429. The number of furan rings is 1. The molecule has 0 saturated heterocycles. The maximum Gasteiger partial charge on any atom is 0.134 e. The predicted octanol–water partition coefficient (Wildman–Crippen LogP) is 3.25. The van der Waals surface area contributed by atoms with Gasteiger partial charge in [0.1, 0.15) is 11.3 Å². The second-order valence-electron chi connectivity index (χ2n) is 4.28. The van der Waals surface area contributed by atoms with E-state index in [2.05, 4.69) is 6.92 Å². The van der Waals surface area contributed by atoms with Crippen LogP contribution < -0.4 is 5.73 Å². The van der Waals surface area contributed by atoms with Gasteiger partial charge in [-0.3, -0.25) is 0 Å². The number of hydrogen-bond acceptors (Lipinski definition) is 3. The number of methoxy groups -OCH3 is 1. The second-order valence-corrected chi connectivity index (χ2v) is 4.28. The Kier molecular flexibility index (Phi) is 3.82. The molecule has 2 aromatic rings. The Morgan fingerprint density at radius 2 is 2.12 bits per heavy atom. The summed E-state index contributed by atoms with van der Waals surface area (Å²) >= 11 is 0. The minimum Gasteiger partial charge on any atom is -0.459 e. The Bertz CT molecular complexity index is 445. The van der Waals surface area contributed by atoms with Crippen LogP contribution in [-0.4, -0.2) is 13.2 Å². The fourth-order valence-corrected chi connectivity index (χ4v) is 2.08. The SMILES string of the molecule is CCCC(OC)C(N)c1cc2ccccc2o1. The molecule has 1 heterocycles. The summed E-state index contributed by atoms with van der Waals surface area (Å²) in [7, 11) is 1.70. The fourth-order valence-electron chi connectivity index (χ4n) is 2.08. The van der Waals surface area contributed by atoms with Gasteiger partial charge in [-0.05, 0) is 18.6 Å². The van der Waals surface area contributed by atoms with Gasteiger partial charge in [-0.15, -0.1) is 0 Å². The Morgan fingerprint density at radius 1 is 1.35 bits per heavy atom. The van der Waals surface area contributed by atoms with Crippen molar-refractivity contribution in [1.82, 2.24) is 0 Å². The van der Waals surface area contributed by atoms with Crippen molar-refractivity contribution in [3.05, 3.63) is 36.1 Å². The molecule has 0 aliphatic heterocycles. The van der Waals surface area contributed by atoms with Gasteiger partial charge in [0.05, 0.1) is 12.1 Å². The molecule has 1 aromatic heterocycles. The number of benzene rings is 1. The standard InChI is InChI=1S/C14H19NO2/c1-3-6-12(16-2)14(15)13-9-10-7-4-5-8-11(10)17-13/h4-5,7-9,12,14H,3,6,15H2,1-2H3. The molecule has 3 heteroatoms. The molecule has 2 N–H and O–H groups in total. The van der Waals surface area contributed by atoms with Gasteiger partial charge in [-0.25, -0.2) is 0 Å². The lowest BCUT2D eigenvalue weighted by molar-refractivity contribution is 0.0668. The molecular weight excluding hydrogens is 214 g/mol. The lowest BCUT2D eigenvalue weighted by Gasteiger charge is -2.20. The normalized spacial score (nSPS) is 15.0. The zero-order chi connectivity index (χ0) is 12.3. The molecule has 0 radical (unpaired) electrons. The summed E-state index contributed by atoms with van der Waals surface area (Å²) in [5, 5.41) is 1.09. The molecule has 2 rings (SSSR count). The molecule has 0 aliphatic carbocycles. The highest BCUT2D eigenvalue weighted by Gasteiger charge is 2.21. The Balaban J connectivity index is 2.25. The van der Waals surface area contributed by atoms with Gasteiger partial charge < -0.3 is 14.9 Å². The van der Waals surface area contributed by atoms with Crippen molar-refractivity contribution in [2.24, 2.45) is 5.73 Å². The van der Waals surface area contributed by atoms with E-state index in [1.54, 1.807) is 7.11 Å². The van der Waals surface area contributed by atoms with Gasteiger partial charge in [-0.2, -0.15) is 0 Å². The van der Waals surface area contributed by atoms with E-state index >= 15 is 0 Å². The van der Waals surface area contributed by atoms with Crippen LogP contribution in [0.2, 0.25) is 0 Å². The van der Waals surface area contributed by atoms with Gasteiger partial charge >= 0.3 is 0 Å². The van der Waals surface area contributed by atoms with E-state index in [4.69, 9.17) is 14.9 Å². The third-order valence-electron chi connectivity index (χ3n) is 3.05. The highest BCUT2D eigenvalue weighted by atomic mass is 16.5. The summed E-state index contributed by atoms with van der Waals surface area (Å²) < 4.78 is 11.2. The summed E-state index contributed by atoms with van der Waals surface area (Å²) in [4.78, 5) is 0. The maximum atomic E-state index is 6.18. The average Bonchev–Trinajstić information content (AvgIpc) is 2.78. The highest BCUT2D eigenvalue weighted by molar-refractivity contribution is 5.77. The minimum absolute atomic E-state index is 0.0144. The van der Waals surface area contributed by atoms with Crippen LogP contribution in [0.4, 0.5) is 0 Å². The van der Waals surface area contributed by atoms with Crippen LogP contribution in [0, 0.1) is 0 Å². The summed E-state index contributed by atoms with van der Waals surface area (Å²) in [5.74, 6) is 0.798. The first-order valence-corrected chi connectivity index (χ1v) is 6.03. The number of nitrogens with two attached hydrogens (primary N) is 1. The smallest absolute Gasteiger partial charge is 0.134 e. The lowest BCUT2D eigenvalue weighted by Crippen LogP contribution is -2.27. The zero-order valence-electron chi connectivity index (χ0n) is 10.3. The molecule has 0 amide bonds. The molecule has 92 valence electrons. The van der Waals surface area contributed by atoms with Crippen LogP contribution >= 0.6 is 0 Å². The molecule has 0 fully saturated rings. The van der Waals surface area contributed by atoms with Crippen molar-refractivity contribution in [3.63, 3.8) is 0 Å². The van der Waals surface area contributed by atoms with Crippen molar-refractivity contribution in [1.29, 1.82) is 0 Å².